The first-order valence-electron chi connectivity index (χ1n) is 10.0. The monoisotopic (exact) mass is 362 g/mol. The van der Waals surface area contributed by atoms with Crippen LogP contribution in [0.25, 0.3) is 0 Å². The Bertz CT molecular complexity index is 549. The molecule has 0 aromatic heterocycles. The summed E-state index contributed by atoms with van der Waals surface area (Å²) in [6.07, 6.45) is 9.39. The summed E-state index contributed by atoms with van der Waals surface area (Å²) in [4.78, 5) is 11.7. The minimum absolute atomic E-state index is 0.180. The number of amides is 1. The molecule has 4 nitrogen and oxygen atoms in total. The van der Waals surface area contributed by atoms with E-state index in [9.17, 15) is 9.90 Å². The normalized spacial score (nSPS) is 12.8. The van der Waals surface area contributed by atoms with E-state index in [1.54, 1.807) is 18.2 Å². The number of hydrogen-bond acceptors (Lipinski definition) is 3. The predicted molar refractivity (Wildman–Crippen MR) is 107 cm³/mol. The number of ether oxygens (including phenoxy) is 1. The Balaban J connectivity index is 2.55. The number of hydrogen-bond donors (Lipinski definition) is 1. The fourth-order valence-electron chi connectivity index (χ4n) is 3.07. The lowest BCUT2D eigenvalue weighted by atomic mass is 9.86. The summed E-state index contributed by atoms with van der Waals surface area (Å²) in [5.41, 5.74) is 8.16. The Morgan fingerprint density at radius 1 is 1.08 bits per heavy atom. The number of benzene rings is 1. The quantitative estimate of drug-likeness (QED) is 0.479. The number of phenols is 1. The summed E-state index contributed by atoms with van der Waals surface area (Å²) in [5, 5.41) is 9.76. The van der Waals surface area contributed by atoms with Crippen molar-refractivity contribution in [1.29, 1.82) is 0 Å². The number of aromatic hydroxyl groups is 1. The van der Waals surface area contributed by atoms with Crippen molar-refractivity contribution in [3.05, 3.63) is 23.8 Å². The third-order valence-electron chi connectivity index (χ3n) is 4.65. The van der Waals surface area contributed by atoms with Gasteiger partial charge in [-0.05, 0) is 36.5 Å². The number of nitrogens with one attached hydrogen (secondary N) is 1. The van der Waals surface area contributed by atoms with Crippen molar-refractivity contribution in [3.63, 3.8) is 0 Å². The molecule has 0 spiro atoms. The highest BCUT2D eigenvalue weighted by atomic mass is 16.5. The van der Waals surface area contributed by atoms with E-state index < -0.39 is 12.0 Å². The van der Waals surface area contributed by atoms with Gasteiger partial charge in [0.25, 0.3) is 5.91 Å². The molecule has 0 bridgehead atoms. The van der Waals surface area contributed by atoms with E-state index >= 15 is 0 Å². The molecular formula is C22H36NO3. The van der Waals surface area contributed by atoms with Crippen LogP contribution in [0.15, 0.2) is 18.2 Å². The van der Waals surface area contributed by atoms with E-state index in [2.05, 4.69) is 6.92 Å². The van der Waals surface area contributed by atoms with E-state index in [1.165, 1.54) is 38.5 Å². The fourth-order valence-corrected chi connectivity index (χ4v) is 3.07. The summed E-state index contributed by atoms with van der Waals surface area (Å²) < 4.78 is 5.90. The molecule has 26 heavy (non-hydrogen) atoms. The van der Waals surface area contributed by atoms with Gasteiger partial charge in [0, 0.05) is 5.56 Å². The first-order chi connectivity index (χ1) is 12.3. The molecule has 0 aliphatic heterocycles. The van der Waals surface area contributed by atoms with Crippen LogP contribution in [0, 0.1) is 0 Å². The molecule has 1 amide bonds. The van der Waals surface area contributed by atoms with Gasteiger partial charge < -0.3 is 9.84 Å². The van der Waals surface area contributed by atoms with E-state index in [1.807, 2.05) is 20.8 Å². The van der Waals surface area contributed by atoms with E-state index in [0.717, 1.165) is 18.4 Å². The summed E-state index contributed by atoms with van der Waals surface area (Å²) >= 11 is 0. The van der Waals surface area contributed by atoms with Gasteiger partial charge in [0.05, 0.1) is 0 Å². The summed E-state index contributed by atoms with van der Waals surface area (Å²) in [7, 11) is 0. The van der Waals surface area contributed by atoms with Gasteiger partial charge >= 0.3 is 0 Å². The molecular weight excluding hydrogens is 326 g/mol. The molecule has 0 aliphatic rings. The van der Waals surface area contributed by atoms with Gasteiger partial charge in [-0.2, -0.15) is 0 Å². The number of rotatable bonds is 12. The molecule has 1 aromatic carbocycles. The van der Waals surface area contributed by atoms with E-state index in [-0.39, 0.29) is 11.2 Å². The van der Waals surface area contributed by atoms with Crippen molar-refractivity contribution < 1.29 is 14.6 Å². The molecule has 0 saturated carbocycles. The molecule has 147 valence electrons. The van der Waals surface area contributed by atoms with Gasteiger partial charge in [-0.25, -0.2) is 0 Å². The molecule has 0 fully saturated rings. The zero-order chi connectivity index (χ0) is 19.6. The molecule has 2 N–H and O–H groups in total. The summed E-state index contributed by atoms with van der Waals surface area (Å²) in [6, 6.07) is 4.93. The van der Waals surface area contributed by atoms with Crippen LogP contribution in [0.4, 0.5) is 0 Å². The second kappa shape index (κ2) is 11.1. The van der Waals surface area contributed by atoms with Gasteiger partial charge in [-0.15, -0.1) is 0 Å². The molecule has 1 aromatic rings. The van der Waals surface area contributed by atoms with Crippen LogP contribution in [0.3, 0.4) is 0 Å². The highest BCUT2D eigenvalue weighted by Crippen LogP contribution is 2.35. The Morgan fingerprint density at radius 3 is 2.19 bits per heavy atom. The minimum Gasteiger partial charge on any atom is -0.508 e. The first-order valence-corrected chi connectivity index (χ1v) is 10.0. The zero-order valence-corrected chi connectivity index (χ0v) is 16.9. The molecule has 1 rings (SSSR count). The van der Waals surface area contributed by atoms with Crippen molar-refractivity contribution in [2.24, 2.45) is 0 Å². The molecule has 4 heteroatoms. The second-order valence-corrected chi connectivity index (χ2v) is 8.16. The maximum Gasteiger partial charge on any atom is 0.279 e. The molecule has 0 aliphatic carbocycles. The third kappa shape index (κ3) is 8.11. The van der Waals surface area contributed by atoms with Gasteiger partial charge in [0.1, 0.15) is 11.5 Å². The van der Waals surface area contributed by atoms with Crippen LogP contribution in [-0.2, 0) is 10.2 Å². The molecule has 1 atom stereocenters. The molecule has 1 radical (unpaired) electrons. The molecule has 0 saturated heterocycles. The SMILES string of the molecule is CCCCCCCCCCC(Oc1ccc(O)cc1C(C)(C)C)C([NH])=O. The van der Waals surface area contributed by atoms with Gasteiger partial charge in [-0.3, -0.25) is 10.5 Å². The average Bonchev–Trinajstić information content (AvgIpc) is 2.56. The molecule has 0 heterocycles. The lowest BCUT2D eigenvalue weighted by molar-refractivity contribution is -0.125. The third-order valence-corrected chi connectivity index (χ3v) is 4.65. The van der Waals surface area contributed by atoms with Gasteiger partial charge in [0.15, 0.2) is 6.10 Å². The zero-order valence-electron chi connectivity index (χ0n) is 16.9. The number of phenolic OH excluding ortho intramolecular Hbond substituents is 1. The number of unbranched alkanes of at least 4 members (excludes halogenated alkanes) is 7. The maximum absolute atomic E-state index is 11.7. The average molecular weight is 363 g/mol. The predicted octanol–water partition coefficient (Wildman–Crippen LogP) is 5.78. The highest BCUT2D eigenvalue weighted by molar-refractivity contribution is 5.78. The fraction of sp³-hybridized carbons (Fsp3) is 0.682. The van der Waals surface area contributed by atoms with Crippen LogP contribution in [-0.4, -0.2) is 17.1 Å². The largest absolute Gasteiger partial charge is 0.508 e. The van der Waals surface area contributed by atoms with Gasteiger partial charge in [-0.1, -0.05) is 72.6 Å². The van der Waals surface area contributed by atoms with E-state index in [0.29, 0.717) is 12.2 Å². The Hall–Kier alpha value is -1.71. The maximum atomic E-state index is 11.7. The Kier molecular flexibility index (Phi) is 9.53. The topological polar surface area (TPSA) is 70.3 Å². The van der Waals surface area contributed by atoms with E-state index in [4.69, 9.17) is 10.5 Å². The van der Waals surface area contributed by atoms with Crippen LogP contribution in [0.5, 0.6) is 11.5 Å². The van der Waals surface area contributed by atoms with Crippen molar-refractivity contribution in [2.45, 2.75) is 97.0 Å². The molecule has 1 unspecified atom stereocenters. The van der Waals surface area contributed by atoms with Crippen molar-refractivity contribution in [2.75, 3.05) is 0 Å². The minimum atomic E-state index is -0.735. The van der Waals surface area contributed by atoms with Crippen LogP contribution >= 0.6 is 0 Å². The second-order valence-electron chi connectivity index (χ2n) is 8.16. The lowest BCUT2D eigenvalue weighted by Crippen LogP contribution is -2.29. The van der Waals surface area contributed by atoms with Crippen LogP contribution in [0.2, 0.25) is 0 Å². The number of carbonyl (C=O) groups is 1. The van der Waals surface area contributed by atoms with Gasteiger partial charge in [0.2, 0.25) is 0 Å². The number of carbonyl (C=O) groups excluding carboxylic acids is 1. The first kappa shape index (κ1) is 22.3. The van der Waals surface area contributed by atoms with Crippen molar-refractivity contribution in [3.8, 4) is 11.5 Å². The summed E-state index contributed by atoms with van der Waals surface area (Å²) in [6.45, 7) is 8.32. The van der Waals surface area contributed by atoms with Crippen LogP contribution < -0.4 is 10.5 Å². The lowest BCUT2D eigenvalue weighted by Gasteiger charge is -2.25. The Morgan fingerprint density at radius 2 is 1.65 bits per heavy atom. The highest BCUT2D eigenvalue weighted by Gasteiger charge is 2.24. The van der Waals surface area contributed by atoms with Crippen molar-refractivity contribution in [1.82, 2.24) is 5.73 Å². The smallest absolute Gasteiger partial charge is 0.279 e. The summed E-state index contributed by atoms with van der Waals surface area (Å²) in [5.74, 6) is 0.0837. The van der Waals surface area contributed by atoms with Crippen molar-refractivity contribution >= 4 is 5.91 Å². The Labute approximate surface area is 159 Å². The van der Waals surface area contributed by atoms with Crippen LogP contribution in [0.1, 0.15) is 91.0 Å². The standard InChI is InChI=1S/C22H36NO3/c1-5-6-7-8-9-10-11-12-13-20(21(23)25)26-19-15-14-17(24)16-18(19)22(2,3)4/h14-16,20,23-24H,5-13H2,1-4H3.